The summed E-state index contributed by atoms with van der Waals surface area (Å²) in [6, 6.07) is 14.0. The summed E-state index contributed by atoms with van der Waals surface area (Å²) < 4.78 is 33.1. The normalized spacial score (nSPS) is 11.8. The summed E-state index contributed by atoms with van der Waals surface area (Å²) in [6.45, 7) is 7.28. The fourth-order valence-electron chi connectivity index (χ4n) is 2.77. The molecule has 0 aliphatic carbocycles. The van der Waals surface area contributed by atoms with Gasteiger partial charge < -0.3 is 15.4 Å². The van der Waals surface area contributed by atoms with Crippen molar-refractivity contribution >= 4 is 33.2 Å². The topological polar surface area (TPSA) is 105 Å². The van der Waals surface area contributed by atoms with Crippen LogP contribution in [0, 0.1) is 6.92 Å². The van der Waals surface area contributed by atoms with Gasteiger partial charge in [0.1, 0.15) is 11.6 Å². The van der Waals surface area contributed by atoms with Crippen LogP contribution in [0.25, 0.3) is 0 Å². The third kappa shape index (κ3) is 6.16. The maximum Gasteiger partial charge on any atom is 0.241 e. The highest BCUT2D eigenvalue weighted by molar-refractivity contribution is 7.89. The van der Waals surface area contributed by atoms with Crippen LogP contribution in [0.15, 0.2) is 59.6 Å². The van der Waals surface area contributed by atoms with E-state index in [0.29, 0.717) is 17.5 Å². The van der Waals surface area contributed by atoms with Crippen molar-refractivity contribution < 1.29 is 17.4 Å². The maximum absolute atomic E-state index is 12.6. The highest BCUT2D eigenvalue weighted by Gasteiger charge is 2.22. The first-order valence-electron chi connectivity index (χ1n) is 9.71. The first-order valence-corrected chi connectivity index (χ1v) is 11.2. The Balaban J connectivity index is 0.00000363. The van der Waals surface area contributed by atoms with Crippen LogP contribution in [0.5, 0.6) is 5.75 Å². The van der Waals surface area contributed by atoms with Crippen LogP contribution in [0.4, 0.5) is 23.1 Å². The molecule has 3 aromatic rings. The number of ether oxygens (including phenoxy) is 1. The van der Waals surface area contributed by atoms with E-state index in [2.05, 4.69) is 25.3 Å². The van der Waals surface area contributed by atoms with Crippen LogP contribution in [0.1, 0.15) is 30.6 Å². The van der Waals surface area contributed by atoms with Crippen molar-refractivity contribution in [1.29, 1.82) is 0 Å². The monoisotopic (exact) mass is 447 g/mol. The second kappa shape index (κ2) is 8.91. The van der Waals surface area contributed by atoms with Crippen molar-refractivity contribution in [3.63, 3.8) is 0 Å². The van der Waals surface area contributed by atoms with Crippen molar-refractivity contribution in [2.24, 2.45) is 0 Å². The molecular weight excluding hydrogens is 414 g/mol. The Kier molecular flexibility index (Phi) is 6.47. The standard InChI is InChI=1S/C22H27N5O3S.3H2/c1-15-14-23-21(25-16-9-11-18(30-5)12-10-16)26-20(15)24-17-7-6-8-19(13-17)31(28,29)27-22(2,3)4;;;/h6-14,27H,1-5H3,(H2,23,24,25,26);3*1H. The predicted molar refractivity (Wildman–Crippen MR) is 129 cm³/mol. The van der Waals surface area contributed by atoms with Gasteiger partial charge in [0.25, 0.3) is 0 Å². The molecule has 170 valence electrons. The summed E-state index contributed by atoms with van der Waals surface area (Å²) in [6.07, 6.45) is 1.70. The van der Waals surface area contributed by atoms with Gasteiger partial charge in [-0.1, -0.05) is 6.07 Å². The smallest absolute Gasteiger partial charge is 0.241 e. The van der Waals surface area contributed by atoms with Gasteiger partial charge in [-0.2, -0.15) is 4.98 Å². The van der Waals surface area contributed by atoms with Crippen molar-refractivity contribution in [3.05, 3.63) is 60.3 Å². The van der Waals surface area contributed by atoms with E-state index in [0.717, 1.165) is 17.0 Å². The third-order valence-electron chi connectivity index (χ3n) is 4.17. The lowest BCUT2D eigenvalue weighted by atomic mass is 10.1. The van der Waals surface area contributed by atoms with E-state index in [1.807, 2.05) is 31.2 Å². The number of anilines is 4. The molecular formula is C22H33N5O3S. The molecule has 1 aromatic heterocycles. The minimum atomic E-state index is -3.64. The first-order chi connectivity index (χ1) is 14.6. The molecule has 0 saturated carbocycles. The Bertz CT molecular complexity index is 1170. The molecule has 0 aliphatic heterocycles. The Hall–Kier alpha value is -3.17. The molecule has 0 saturated heterocycles. The van der Waals surface area contributed by atoms with Crippen LogP contribution in [0.3, 0.4) is 0 Å². The highest BCUT2D eigenvalue weighted by atomic mass is 32.2. The number of benzene rings is 2. The third-order valence-corrected chi connectivity index (χ3v) is 5.92. The lowest BCUT2D eigenvalue weighted by molar-refractivity contribution is 0.415. The van der Waals surface area contributed by atoms with Crippen LogP contribution >= 0.6 is 0 Å². The molecule has 0 atom stereocenters. The van der Waals surface area contributed by atoms with Crippen LogP contribution in [-0.2, 0) is 10.0 Å². The highest BCUT2D eigenvalue weighted by Crippen LogP contribution is 2.24. The molecule has 0 radical (unpaired) electrons. The number of aryl methyl sites for hydroxylation is 1. The van der Waals surface area contributed by atoms with Gasteiger partial charge in [0.05, 0.1) is 12.0 Å². The largest absolute Gasteiger partial charge is 0.497 e. The number of hydrogen-bond donors (Lipinski definition) is 3. The van der Waals surface area contributed by atoms with Crippen LogP contribution < -0.4 is 20.1 Å². The molecule has 0 bridgehead atoms. The van der Waals surface area contributed by atoms with E-state index < -0.39 is 15.6 Å². The Morgan fingerprint density at radius 3 is 2.35 bits per heavy atom. The van der Waals surface area contributed by atoms with Gasteiger partial charge in [0.2, 0.25) is 16.0 Å². The summed E-state index contributed by atoms with van der Waals surface area (Å²) in [5, 5.41) is 6.33. The average molecular weight is 448 g/mol. The van der Waals surface area contributed by atoms with Crippen molar-refractivity contribution in [1.82, 2.24) is 14.7 Å². The molecule has 3 rings (SSSR count). The average Bonchev–Trinajstić information content (AvgIpc) is 2.69. The molecule has 0 unspecified atom stereocenters. The van der Waals surface area contributed by atoms with Crippen molar-refractivity contribution in [2.45, 2.75) is 38.1 Å². The summed E-state index contributed by atoms with van der Waals surface area (Å²) in [4.78, 5) is 9.02. The van der Waals surface area contributed by atoms with Gasteiger partial charge >= 0.3 is 0 Å². The van der Waals surface area contributed by atoms with Gasteiger partial charge in [0, 0.05) is 33.0 Å². The van der Waals surface area contributed by atoms with Gasteiger partial charge in [-0.05, 0) is 70.2 Å². The van der Waals surface area contributed by atoms with Crippen LogP contribution in [-0.4, -0.2) is 31.0 Å². The number of sulfonamides is 1. The minimum absolute atomic E-state index is 0. The lowest BCUT2D eigenvalue weighted by Gasteiger charge is -2.20. The number of aromatic nitrogens is 2. The Labute approximate surface area is 187 Å². The van der Waals surface area contributed by atoms with Gasteiger partial charge in [0.15, 0.2) is 0 Å². The van der Waals surface area contributed by atoms with Gasteiger partial charge in [-0.25, -0.2) is 18.1 Å². The molecule has 3 N–H and O–H groups in total. The van der Waals surface area contributed by atoms with E-state index >= 15 is 0 Å². The molecule has 31 heavy (non-hydrogen) atoms. The molecule has 9 heteroatoms. The van der Waals surface area contributed by atoms with E-state index in [9.17, 15) is 8.42 Å². The van der Waals surface area contributed by atoms with E-state index in [4.69, 9.17) is 4.74 Å². The molecule has 0 amide bonds. The van der Waals surface area contributed by atoms with E-state index in [-0.39, 0.29) is 9.18 Å². The summed E-state index contributed by atoms with van der Waals surface area (Å²) in [7, 11) is -2.03. The summed E-state index contributed by atoms with van der Waals surface area (Å²) >= 11 is 0. The minimum Gasteiger partial charge on any atom is -0.497 e. The number of nitrogens with zero attached hydrogens (tertiary/aromatic N) is 2. The van der Waals surface area contributed by atoms with E-state index in [1.165, 1.54) is 0 Å². The van der Waals surface area contributed by atoms with E-state index in [1.54, 1.807) is 58.3 Å². The van der Waals surface area contributed by atoms with Crippen LogP contribution in [0.2, 0.25) is 0 Å². The zero-order valence-corrected chi connectivity index (χ0v) is 19.0. The Morgan fingerprint density at radius 1 is 1.00 bits per heavy atom. The fraction of sp³-hybridized carbons (Fsp3) is 0.273. The molecule has 0 aliphatic rings. The molecule has 0 spiro atoms. The number of rotatable bonds is 7. The van der Waals surface area contributed by atoms with Gasteiger partial charge in [-0.3, -0.25) is 0 Å². The van der Waals surface area contributed by atoms with Crippen molar-refractivity contribution in [3.8, 4) is 5.75 Å². The fourth-order valence-corrected chi connectivity index (χ4v) is 4.24. The molecule has 1 heterocycles. The first kappa shape index (κ1) is 22.5. The zero-order valence-electron chi connectivity index (χ0n) is 18.2. The quantitative estimate of drug-likeness (QED) is 0.463. The molecule has 0 fully saturated rings. The molecule has 8 nitrogen and oxygen atoms in total. The second-order valence-corrected chi connectivity index (χ2v) is 9.77. The maximum atomic E-state index is 12.6. The zero-order chi connectivity index (χ0) is 22.6. The number of hydrogen-bond acceptors (Lipinski definition) is 7. The lowest BCUT2D eigenvalue weighted by Crippen LogP contribution is -2.40. The van der Waals surface area contributed by atoms with Gasteiger partial charge in [-0.15, -0.1) is 0 Å². The predicted octanol–water partition coefficient (Wildman–Crippen LogP) is 5.10. The summed E-state index contributed by atoms with van der Waals surface area (Å²) in [5.41, 5.74) is 1.67. The number of methoxy groups -OCH3 is 1. The van der Waals surface area contributed by atoms with Crippen molar-refractivity contribution in [2.75, 3.05) is 17.7 Å². The second-order valence-electron chi connectivity index (χ2n) is 8.09. The Morgan fingerprint density at radius 2 is 1.71 bits per heavy atom. The number of nitrogens with one attached hydrogen (secondary N) is 3. The SMILES string of the molecule is COc1ccc(Nc2ncc(C)c(Nc3cccc(S(=O)(=O)NC(C)(C)C)c3)n2)cc1.[HH].[HH].[HH]. The summed E-state index contributed by atoms with van der Waals surface area (Å²) in [5.74, 6) is 1.74. The molecule has 2 aromatic carbocycles.